The van der Waals surface area contributed by atoms with Crippen LogP contribution in [0.5, 0.6) is 0 Å². The van der Waals surface area contributed by atoms with Crippen molar-refractivity contribution < 1.29 is 4.21 Å². The van der Waals surface area contributed by atoms with Crippen molar-refractivity contribution in [2.24, 2.45) is 7.05 Å². The molecule has 16 heavy (non-hydrogen) atoms. The molecule has 0 radical (unpaired) electrons. The van der Waals surface area contributed by atoms with Crippen LogP contribution in [0.15, 0.2) is 35.7 Å². The van der Waals surface area contributed by atoms with E-state index >= 15 is 0 Å². The number of aromatic nitrogens is 3. The monoisotopic (exact) mass is 236 g/mol. The van der Waals surface area contributed by atoms with Crippen molar-refractivity contribution in [3.05, 3.63) is 36.3 Å². The molecule has 2 aromatic rings. The molecular weight excluding hydrogens is 224 g/mol. The topological polar surface area (TPSA) is 73.8 Å². The molecule has 1 unspecified atom stereocenters. The maximum absolute atomic E-state index is 12.0. The lowest BCUT2D eigenvalue weighted by atomic mass is 10.4. The van der Waals surface area contributed by atoms with Gasteiger partial charge in [-0.1, -0.05) is 0 Å². The molecule has 0 saturated carbocycles. The van der Waals surface area contributed by atoms with Crippen molar-refractivity contribution in [1.82, 2.24) is 14.8 Å². The Balaban J connectivity index is 2.18. The molecule has 0 spiro atoms. The highest BCUT2D eigenvalue weighted by Gasteiger charge is 2.10. The molecule has 1 atom stereocenters. The molecule has 0 aromatic carbocycles. The molecular formula is C10H12N4OS. The highest BCUT2D eigenvalue weighted by atomic mass is 32.2. The first kappa shape index (κ1) is 10.8. The van der Waals surface area contributed by atoms with Crippen LogP contribution in [0.2, 0.25) is 0 Å². The number of rotatable bonds is 3. The van der Waals surface area contributed by atoms with Crippen LogP contribution in [-0.2, 0) is 23.6 Å². The van der Waals surface area contributed by atoms with Crippen LogP contribution >= 0.6 is 0 Å². The van der Waals surface area contributed by atoms with Crippen LogP contribution in [0.1, 0.15) is 5.56 Å². The van der Waals surface area contributed by atoms with E-state index in [1.807, 2.05) is 13.2 Å². The average Bonchev–Trinajstić information content (AvgIpc) is 2.64. The second kappa shape index (κ2) is 4.44. The number of nitrogens with zero attached hydrogens (tertiary/aromatic N) is 3. The lowest BCUT2D eigenvalue weighted by Gasteiger charge is -2.02. The lowest BCUT2D eigenvalue weighted by molar-refractivity contribution is 0.680. The van der Waals surface area contributed by atoms with Gasteiger partial charge in [0.25, 0.3) is 0 Å². The quantitative estimate of drug-likeness (QED) is 0.851. The minimum absolute atomic E-state index is 0.384. The van der Waals surface area contributed by atoms with Crippen molar-refractivity contribution in [3.8, 4) is 0 Å². The van der Waals surface area contributed by atoms with Gasteiger partial charge in [-0.2, -0.15) is 5.10 Å². The SMILES string of the molecule is Cn1cc(CS(=O)c2ncccc2N)cn1. The van der Waals surface area contributed by atoms with Gasteiger partial charge >= 0.3 is 0 Å². The van der Waals surface area contributed by atoms with Gasteiger partial charge in [0.2, 0.25) is 0 Å². The van der Waals surface area contributed by atoms with Crippen molar-refractivity contribution >= 4 is 16.5 Å². The fourth-order valence-electron chi connectivity index (χ4n) is 1.36. The van der Waals surface area contributed by atoms with Gasteiger partial charge in [0, 0.05) is 25.0 Å². The van der Waals surface area contributed by atoms with Crippen LogP contribution in [0.4, 0.5) is 5.69 Å². The van der Waals surface area contributed by atoms with E-state index in [0.29, 0.717) is 16.5 Å². The van der Waals surface area contributed by atoms with Gasteiger partial charge in [-0.05, 0) is 12.1 Å². The minimum Gasteiger partial charge on any atom is -0.396 e. The Labute approximate surface area is 95.8 Å². The van der Waals surface area contributed by atoms with E-state index in [2.05, 4.69) is 10.1 Å². The van der Waals surface area contributed by atoms with Crippen LogP contribution in [0.3, 0.4) is 0 Å². The summed E-state index contributed by atoms with van der Waals surface area (Å²) in [7, 11) is 0.599. The summed E-state index contributed by atoms with van der Waals surface area (Å²) in [4.78, 5) is 4.03. The molecule has 5 nitrogen and oxygen atoms in total. The van der Waals surface area contributed by atoms with Gasteiger partial charge in [0.05, 0.1) is 28.4 Å². The van der Waals surface area contributed by atoms with E-state index < -0.39 is 10.8 Å². The molecule has 0 amide bonds. The molecule has 0 bridgehead atoms. The maximum atomic E-state index is 12.0. The predicted octanol–water partition coefficient (Wildman–Crippen LogP) is 0.705. The summed E-state index contributed by atoms with van der Waals surface area (Å²) in [6.07, 6.45) is 5.11. The van der Waals surface area contributed by atoms with E-state index in [0.717, 1.165) is 5.56 Å². The van der Waals surface area contributed by atoms with Crippen molar-refractivity contribution in [2.75, 3.05) is 5.73 Å². The number of hydrogen-bond acceptors (Lipinski definition) is 4. The third-order valence-corrected chi connectivity index (χ3v) is 3.44. The lowest BCUT2D eigenvalue weighted by Crippen LogP contribution is -2.02. The second-order valence-electron chi connectivity index (χ2n) is 3.41. The minimum atomic E-state index is -1.22. The molecule has 0 aliphatic carbocycles. The third-order valence-electron chi connectivity index (χ3n) is 2.07. The van der Waals surface area contributed by atoms with Gasteiger partial charge in [0.1, 0.15) is 5.03 Å². The Bertz CT molecular complexity index is 523. The van der Waals surface area contributed by atoms with Crippen molar-refractivity contribution in [1.29, 1.82) is 0 Å². The summed E-state index contributed by atoms with van der Waals surface area (Å²) in [5.41, 5.74) is 7.07. The normalized spacial score (nSPS) is 12.6. The smallest absolute Gasteiger partial charge is 0.150 e. The van der Waals surface area contributed by atoms with Gasteiger partial charge in [-0.3, -0.25) is 8.89 Å². The first-order chi connectivity index (χ1) is 7.66. The van der Waals surface area contributed by atoms with Crippen LogP contribution in [0.25, 0.3) is 0 Å². The Hall–Kier alpha value is -1.69. The molecule has 6 heteroatoms. The first-order valence-electron chi connectivity index (χ1n) is 4.73. The summed E-state index contributed by atoms with van der Waals surface area (Å²) in [6.45, 7) is 0. The van der Waals surface area contributed by atoms with E-state index in [1.54, 1.807) is 29.2 Å². The number of pyridine rings is 1. The van der Waals surface area contributed by atoms with Gasteiger partial charge in [-0.15, -0.1) is 0 Å². The third kappa shape index (κ3) is 2.27. The molecule has 2 rings (SSSR count). The fraction of sp³-hybridized carbons (Fsp3) is 0.200. The predicted molar refractivity (Wildman–Crippen MR) is 62.0 cm³/mol. The van der Waals surface area contributed by atoms with Gasteiger partial charge in [0.15, 0.2) is 0 Å². The Morgan fingerprint density at radius 1 is 1.56 bits per heavy atom. The number of aryl methyl sites for hydroxylation is 1. The highest BCUT2D eigenvalue weighted by Crippen LogP contribution is 2.15. The van der Waals surface area contributed by atoms with Gasteiger partial charge < -0.3 is 5.73 Å². The largest absolute Gasteiger partial charge is 0.396 e. The number of nitrogens with two attached hydrogens (primary N) is 1. The van der Waals surface area contributed by atoms with Crippen molar-refractivity contribution in [3.63, 3.8) is 0 Å². The summed E-state index contributed by atoms with van der Waals surface area (Å²) < 4.78 is 13.7. The molecule has 0 fully saturated rings. The average molecular weight is 236 g/mol. The molecule has 84 valence electrons. The second-order valence-corrected chi connectivity index (χ2v) is 4.78. The molecule has 0 aliphatic rings. The van der Waals surface area contributed by atoms with E-state index in [1.165, 1.54) is 0 Å². The fourth-order valence-corrected chi connectivity index (χ4v) is 2.46. The van der Waals surface area contributed by atoms with E-state index in [4.69, 9.17) is 5.73 Å². The molecule has 2 aromatic heterocycles. The molecule has 0 saturated heterocycles. The summed E-state index contributed by atoms with van der Waals surface area (Å²) >= 11 is 0. The summed E-state index contributed by atoms with van der Waals surface area (Å²) in [5.74, 6) is 0.384. The molecule has 2 N–H and O–H groups in total. The zero-order chi connectivity index (χ0) is 11.5. The summed E-state index contributed by atoms with van der Waals surface area (Å²) in [5, 5.41) is 4.45. The van der Waals surface area contributed by atoms with Crippen LogP contribution < -0.4 is 5.73 Å². The first-order valence-corrected chi connectivity index (χ1v) is 6.05. The van der Waals surface area contributed by atoms with E-state index in [-0.39, 0.29) is 0 Å². The number of hydrogen-bond donors (Lipinski definition) is 1. The maximum Gasteiger partial charge on any atom is 0.150 e. The summed E-state index contributed by atoms with van der Waals surface area (Å²) in [6, 6.07) is 3.42. The Morgan fingerprint density at radius 2 is 2.38 bits per heavy atom. The molecule has 0 aliphatic heterocycles. The molecule has 2 heterocycles. The standard InChI is InChI=1S/C10H12N4OS/c1-14-6-8(5-13-14)7-16(15)10-9(11)3-2-4-12-10/h2-6H,7,11H2,1H3. The Morgan fingerprint density at radius 3 is 3.00 bits per heavy atom. The van der Waals surface area contributed by atoms with Crippen molar-refractivity contribution in [2.45, 2.75) is 10.8 Å². The van der Waals surface area contributed by atoms with Gasteiger partial charge in [-0.25, -0.2) is 4.98 Å². The Kier molecular flexibility index (Phi) is 3.00. The van der Waals surface area contributed by atoms with Crippen LogP contribution in [0, 0.1) is 0 Å². The highest BCUT2D eigenvalue weighted by molar-refractivity contribution is 7.84. The van der Waals surface area contributed by atoms with E-state index in [9.17, 15) is 4.21 Å². The zero-order valence-corrected chi connectivity index (χ0v) is 9.65. The number of anilines is 1. The van der Waals surface area contributed by atoms with Crippen LogP contribution in [-0.4, -0.2) is 19.0 Å². The zero-order valence-electron chi connectivity index (χ0n) is 8.83. The number of nitrogen functional groups attached to an aromatic ring is 1.